The minimum Gasteiger partial charge on any atom is -0.474 e. The van der Waals surface area contributed by atoms with Gasteiger partial charge in [-0.25, -0.2) is 0 Å². The normalized spacial score (nSPS) is 17.9. The van der Waals surface area contributed by atoms with Crippen LogP contribution in [0.25, 0.3) is 0 Å². The van der Waals surface area contributed by atoms with Crippen LogP contribution in [0.3, 0.4) is 0 Å². The van der Waals surface area contributed by atoms with Crippen LogP contribution in [0, 0.1) is 0 Å². The predicted octanol–water partition coefficient (Wildman–Crippen LogP) is 0.440. The summed E-state index contributed by atoms with van der Waals surface area (Å²) < 4.78 is 5.34. The number of aromatic nitrogens is 1. The number of amides is 1. The van der Waals surface area contributed by atoms with Crippen LogP contribution in [-0.2, 0) is 4.79 Å². The molecule has 21 heavy (non-hydrogen) atoms. The first kappa shape index (κ1) is 15.4. The molecular weight excluding hydrogens is 272 g/mol. The molecular formula is C14H22N4O3. The van der Waals surface area contributed by atoms with E-state index in [1.807, 2.05) is 6.07 Å². The Kier molecular flexibility index (Phi) is 4.85. The van der Waals surface area contributed by atoms with E-state index in [2.05, 4.69) is 9.88 Å². The van der Waals surface area contributed by atoms with Crippen molar-refractivity contribution in [2.75, 3.05) is 37.4 Å². The molecule has 3 N–H and O–H groups in total. The summed E-state index contributed by atoms with van der Waals surface area (Å²) in [5, 5.41) is 8.83. The first-order valence-electron chi connectivity index (χ1n) is 7.05. The van der Waals surface area contributed by atoms with Gasteiger partial charge in [-0.15, -0.1) is 0 Å². The monoisotopic (exact) mass is 294 g/mol. The highest BCUT2D eigenvalue weighted by Gasteiger charge is 2.30. The first-order valence-corrected chi connectivity index (χ1v) is 7.05. The minimum absolute atomic E-state index is 0.00400. The number of nitrogens with zero attached hydrogens (tertiary/aromatic N) is 3. The number of carbonyl (C=O) groups is 1. The Morgan fingerprint density at radius 2 is 2.38 bits per heavy atom. The van der Waals surface area contributed by atoms with Crippen molar-refractivity contribution in [1.29, 1.82) is 0 Å². The molecule has 1 atom stereocenters. The number of ether oxygens (including phenoxy) is 1. The number of nitrogen functional groups attached to an aromatic ring is 1. The van der Waals surface area contributed by atoms with Gasteiger partial charge in [-0.2, -0.15) is 4.98 Å². The summed E-state index contributed by atoms with van der Waals surface area (Å²) in [4.78, 5) is 19.8. The third-order valence-corrected chi connectivity index (χ3v) is 3.66. The highest BCUT2D eigenvalue weighted by Crippen LogP contribution is 2.29. The highest BCUT2D eigenvalue weighted by atomic mass is 16.5. The minimum atomic E-state index is -0.0925. The van der Waals surface area contributed by atoms with Crippen LogP contribution < -0.4 is 15.4 Å². The van der Waals surface area contributed by atoms with Gasteiger partial charge in [0.2, 0.25) is 11.8 Å². The molecule has 0 aromatic carbocycles. The Hall–Kier alpha value is -2.02. The summed E-state index contributed by atoms with van der Waals surface area (Å²) in [6.45, 7) is 2.45. The molecule has 2 heterocycles. The summed E-state index contributed by atoms with van der Waals surface area (Å²) in [6, 6.07) is 3.56. The molecule has 1 amide bonds. The second-order valence-electron chi connectivity index (χ2n) is 5.08. The number of pyridine rings is 1. The molecule has 1 aliphatic rings. The second-order valence-corrected chi connectivity index (χ2v) is 5.08. The second kappa shape index (κ2) is 6.62. The molecule has 0 bridgehead atoms. The fraction of sp³-hybridized carbons (Fsp3) is 0.571. The maximum atomic E-state index is 11.6. The van der Waals surface area contributed by atoms with Gasteiger partial charge < -0.3 is 25.4 Å². The third kappa shape index (κ3) is 3.36. The summed E-state index contributed by atoms with van der Waals surface area (Å²) in [5.74, 6) is 1.07. The van der Waals surface area contributed by atoms with E-state index in [9.17, 15) is 4.79 Å². The summed E-state index contributed by atoms with van der Waals surface area (Å²) in [6.07, 6.45) is 1.92. The van der Waals surface area contributed by atoms with E-state index in [0.717, 1.165) is 25.2 Å². The predicted molar refractivity (Wildman–Crippen MR) is 80.0 cm³/mol. The number of aliphatic hydroxyl groups is 1. The smallest absolute Gasteiger partial charge is 0.239 e. The fourth-order valence-electron chi connectivity index (χ4n) is 2.49. The molecule has 0 aliphatic carbocycles. The standard InChI is InChI=1S/C14H22N4O3/c1-10(20)17(2)13-4-3-7-18(13)12-6-5-11(15)14(16-12)21-9-8-19/h5-6,13,19H,3-4,7-9,15H2,1-2H3. The molecule has 2 rings (SSSR count). The van der Waals surface area contributed by atoms with Gasteiger partial charge >= 0.3 is 0 Å². The van der Waals surface area contributed by atoms with Gasteiger partial charge in [0.15, 0.2) is 0 Å². The van der Waals surface area contributed by atoms with Crippen LogP contribution in [-0.4, -0.2) is 53.9 Å². The van der Waals surface area contributed by atoms with Crippen LogP contribution in [0.15, 0.2) is 12.1 Å². The maximum absolute atomic E-state index is 11.6. The van der Waals surface area contributed by atoms with E-state index in [4.69, 9.17) is 15.6 Å². The zero-order valence-corrected chi connectivity index (χ0v) is 12.5. The van der Waals surface area contributed by atoms with Crippen LogP contribution in [0.4, 0.5) is 11.5 Å². The van der Waals surface area contributed by atoms with Crippen molar-refractivity contribution in [3.8, 4) is 5.88 Å². The van der Waals surface area contributed by atoms with Crippen molar-refractivity contribution < 1.29 is 14.6 Å². The molecule has 1 saturated heterocycles. The summed E-state index contributed by atoms with van der Waals surface area (Å²) >= 11 is 0. The number of rotatable bonds is 5. The van der Waals surface area contributed by atoms with Gasteiger partial charge in [0, 0.05) is 20.5 Å². The van der Waals surface area contributed by atoms with Crippen molar-refractivity contribution in [1.82, 2.24) is 9.88 Å². The van der Waals surface area contributed by atoms with Crippen molar-refractivity contribution >= 4 is 17.4 Å². The van der Waals surface area contributed by atoms with Crippen LogP contribution in [0.2, 0.25) is 0 Å². The quantitative estimate of drug-likeness (QED) is 0.818. The zero-order chi connectivity index (χ0) is 15.4. The Balaban J connectivity index is 2.22. The van der Waals surface area contributed by atoms with Crippen LogP contribution >= 0.6 is 0 Å². The highest BCUT2D eigenvalue weighted by molar-refractivity contribution is 5.73. The molecule has 1 fully saturated rings. The van der Waals surface area contributed by atoms with Crippen molar-refractivity contribution in [3.05, 3.63) is 12.1 Å². The summed E-state index contributed by atoms with van der Waals surface area (Å²) in [7, 11) is 1.80. The molecule has 7 heteroatoms. The lowest BCUT2D eigenvalue weighted by Crippen LogP contribution is -2.45. The van der Waals surface area contributed by atoms with Gasteiger partial charge in [0.05, 0.1) is 12.3 Å². The summed E-state index contributed by atoms with van der Waals surface area (Å²) in [5.41, 5.74) is 6.25. The molecule has 116 valence electrons. The average molecular weight is 294 g/mol. The average Bonchev–Trinajstić information content (AvgIpc) is 2.94. The van der Waals surface area contributed by atoms with Crippen molar-refractivity contribution in [3.63, 3.8) is 0 Å². The molecule has 1 aromatic rings. The Morgan fingerprint density at radius 1 is 1.62 bits per heavy atom. The molecule has 0 spiro atoms. The molecule has 1 unspecified atom stereocenters. The van der Waals surface area contributed by atoms with E-state index in [1.54, 1.807) is 24.9 Å². The van der Waals surface area contributed by atoms with E-state index in [0.29, 0.717) is 11.6 Å². The third-order valence-electron chi connectivity index (χ3n) is 3.66. The van der Waals surface area contributed by atoms with E-state index < -0.39 is 0 Å². The number of aliphatic hydroxyl groups excluding tert-OH is 1. The lowest BCUT2D eigenvalue weighted by molar-refractivity contribution is -0.129. The number of anilines is 2. The van der Waals surface area contributed by atoms with E-state index in [-0.39, 0.29) is 25.3 Å². The van der Waals surface area contributed by atoms with E-state index >= 15 is 0 Å². The molecule has 0 saturated carbocycles. The zero-order valence-electron chi connectivity index (χ0n) is 12.5. The lowest BCUT2D eigenvalue weighted by Gasteiger charge is -2.32. The molecule has 0 radical (unpaired) electrons. The molecule has 1 aliphatic heterocycles. The van der Waals surface area contributed by atoms with Gasteiger partial charge in [0.25, 0.3) is 0 Å². The van der Waals surface area contributed by atoms with Gasteiger partial charge in [-0.05, 0) is 25.0 Å². The number of hydrogen-bond donors (Lipinski definition) is 2. The maximum Gasteiger partial charge on any atom is 0.239 e. The van der Waals surface area contributed by atoms with Gasteiger partial charge in [0.1, 0.15) is 18.6 Å². The van der Waals surface area contributed by atoms with Crippen LogP contribution in [0.5, 0.6) is 5.88 Å². The Labute approximate surface area is 124 Å². The largest absolute Gasteiger partial charge is 0.474 e. The Bertz CT molecular complexity index is 509. The SMILES string of the molecule is CC(=O)N(C)C1CCCN1c1ccc(N)c(OCCO)n1. The number of carbonyl (C=O) groups excluding carboxylic acids is 1. The fourth-order valence-corrected chi connectivity index (χ4v) is 2.49. The van der Waals surface area contributed by atoms with Crippen molar-refractivity contribution in [2.45, 2.75) is 25.9 Å². The van der Waals surface area contributed by atoms with Gasteiger partial charge in [-0.3, -0.25) is 4.79 Å². The molecule has 1 aromatic heterocycles. The first-order chi connectivity index (χ1) is 10.0. The molecule has 7 nitrogen and oxygen atoms in total. The van der Waals surface area contributed by atoms with Crippen LogP contribution in [0.1, 0.15) is 19.8 Å². The lowest BCUT2D eigenvalue weighted by atomic mass is 10.3. The van der Waals surface area contributed by atoms with E-state index in [1.165, 1.54) is 0 Å². The van der Waals surface area contributed by atoms with Crippen molar-refractivity contribution in [2.24, 2.45) is 0 Å². The topological polar surface area (TPSA) is 91.9 Å². The van der Waals surface area contributed by atoms with Gasteiger partial charge in [-0.1, -0.05) is 0 Å². The number of nitrogens with two attached hydrogens (primary N) is 1. The number of hydrogen-bond acceptors (Lipinski definition) is 6. The Morgan fingerprint density at radius 3 is 3.05 bits per heavy atom.